The monoisotopic (exact) mass is 599 g/mol. The average molecular weight is 600 g/mol. The molecule has 2 N–H and O–H groups in total. The Hall–Kier alpha value is -4.53. The first-order valence-electron chi connectivity index (χ1n) is 15.2. The molecule has 3 heterocycles. The normalized spacial score (nSPS) is 16.0. The first-order valence-corrected chi connectivity index (χ1v) is 15.2. The molecule has 1 aliphatic carbocycles. The van der Waals surface area contributed by atoms with Crippen molar-refractivity contribution in [3.05, 3.63) is 77.9 Å². The van der Waals surface area contributed by atoms with E-state index in [1.807, 2.05) is 30.3 Å². The van der Waals surface area contributed by atoms with Crippen LogP contribution in [0.1, 0.15) is 66.8 Å². The Morgan fingerprint density at radius 2 is 1.75 bits per heavy atom. The fraction of sp³-hybridized carbons (Fsp3) is 0.314. The van der Waals surface area contributed by atoms with Crippen molar-refractivity contribution in [3.63, 3.8) is 0 Å². The molecule has 0 saturated heterocycles. The van der Waals surface area contributed by atoms with Crippen LogP contribution in [0.4, 0.5) is 18.9 Å². The molecule has 226 valence electrons. The molecule has 9 heteroatoms. The van der Waals surface area contributed by atoms with E-state index in [0.29, 0.717) is 17.2 Å². The SMILES string of the molecule is O=C(O)c1ccc2c(C3CCCCC3)c3n(c2c1)CCCCNc1c-3ccc2nc(-c3cccc(OC(F)(F)F)c3)ccc12. The number of carbonyl (C=O) groups is 1. The number of pyridine rings is 1. The number of anilines is 1. The van der Waals surface area contributed by atoms with Crippen molar-refractivity contribution in [3.8, 4) is 28.3 Å². The fourth-order valence-corrected chi connectivity index (χ4v) is 7.05. The molecule has 5 aromatic rings. The molecule has 3 aromatic carbocycles. The van der Waals surface area contributed by atoms with Crippen LogP contribution >= 0.6 is 0 Å². The van der Waals surface area contributed by atoms with E-state index < -0.39 is 12.3 Å². The molecule has 7 rings (SSSR count). The van der Waals surface area contributed by atoms with Crippen molar-refractivity contribution in [2.45, 2.75) is 63.8 Å². The maximum absolute atomic E-state index is 12.8. The van der Waals surface area contributed by atoms with Crippen LogP contribution in [0.5, 0.6) is 5.75 Å². The first kappa shape index (κ1) is 28.3. The van der Waals surface area contributed by atoms with E-state index in [1.165, 1.54) is 43.0 Å². The van der Waals surface area contributed by atoms with E-state index in [1.54, 1.807) is 12.1 Å². The molecule has 2 aliphatic rings. The molecule has 0 radical (unpaired) electrons. The topological polar surface area (TPSA) is 76.4 Å². The number of nitrogens with one attached hydrogen (secondary N) is 1. The van der Waals surface area contributed by atoms with E-state index in [-0.39, 0.29) is 11.3 Å². The van der Waals surface area contributed by atoms with Crippen LogP contribution in [-0.4, -0.2) is 33.5 Å². The van der Waals surface area contributed by atoms with Gasteiger partial charge in [0.2, 0.25) is 0 Å². The van der Waals surface area contributed by atoms with Crippen molar-refractivity contribution in [1.82, 2.24) is 9.55 Å². The Balaban J connectivity index is 1.42. The van der Waals surface area contributed by atoms with Crippen LogP contribution in [0.25, 0.3) is 44.3 Å². The third-order valence-electron chi connectivity index (χ3n) is 8.96. The Bertz CT molecular complexity index is 1890. The largest absolute Gasteiger partial charge is 0.573 e. The second-order valence-corrected chi connectivity index (χ2v) is 11.7. The lowest BCUT2D eigenvalue weighted by Crippen LogP contribution is -2.17. The van der Waals surface area contributed by atoms with Gasteiger partial charge in [0.15, 0.2) is 0 Å². The molecule has 0 amide bonds. The number of halogens is 3. The third kappa shape index (κ3) is 5.25. The van der Waals surface area contributed by atoms with E-state index >= 15 is 0 Å². The molecule has 1 fully saturated rings. The standard InChI is InChI=1S/C35H32F3N3O3/c36-35(37,38)44-24-10-6-9-22(19-24)28-15-13-25-29(40-28)16-14-27-32(25)39-17-4-5-18-41-30-20-23(34(42)43)11-12-26(30)31(33(27)41)21-7-2-1-3-8-21/h6,9-16,19-21,39H,1-5,7-8,17-18H2,(H,42,43). The maximum atomic E-state index is 12.8. The van der Waals surface area contributed by atoms with E-state index in [0.717, 1.165) is 77.5 Å². The number of hydrogen-bond donors (Lipinski definition) is 2. The Morgan fingerprint density at radius 3 is 2.55 bits per heavy atom. The zero-order valence-corrected chi connectivity index (χ0v) is 24.1. The van der Waals surface area contributed by atoms with Gasteiger partial charge in [0.1, 0.15) is 5.75 Å². The van der Waals surface area contributed by atoms with Crippen molar-refractivity contribution < 1.29 is 27.8 Å². The minimum atomic E-state index is -4.77. The van der Waals surface area contributed by atoms with Gasteiger partial charge in [0.25, 0.3) is 0 Å². The molecule has 0 spiro atoms. The number of aryl methyl sites for hydroxylation is 1. The van der Waals surface area contributed by atoms with E-state index in [9.17, 15) is 23.1 Å². The number of ether oxygens (including phenoxy) is 1. The molecule has 0 bridgehead atoms. The number of rotatable bonds is 4. The number of alkyl halides is 3. The molecule has 1 saturated carbocycles. The summed E-state index contributed by atoms with van der Waals surface area (Å²) in [5.41, 5.74) is 7.51. The van der Waals surface area contributed by atoms with Crippen LogP contribution in [0, 0.1) is 0 Å². The molecule has 2 aromatic heterocycles. The van der Waals surface area contributed by atoms with Gasteiger partial charge in [-0.1, -0.05) is 37.5 Å². The predicted molar refractivity (Wildman–Crippen MR) is 165 cm³/mol. The minimum Gasteiger partial charge on any atom is -0.478 e. The van der Waals surface area contributed by atoms with Crippen LogP contribution in [0.3, 0.4) is 0 Å². The molecule has 1 aliphatic heterocycles. The second kappa shape index (κ2) is 11.2. The van der Waals surface area contributed by atoms with Gasteiger partial charge in [0.05, 0.1) is 28.2 Å². The molecule has 0 atom stereocenters. The van der Waals surface area contributed by atoms with Crippen LogP contribution in [0.15, 0.2) is 66.7 Å². The quantitative estimate of drug-likeness (QED) is 0.215. The zero-order chi connectivity index (χ0) is 30.4. The highest BCUT2D eigenvalue weighted by Crippen LogP contribution is 2.47. The number of nitrogens with zero attached hydrogens (tertiary/aromatic N) is 2. The number of carboxylic acid groups (broad SMARTS) is 1. The highest BCUT2D eigenvalue weighted by Gasteiger charge is 2.31. The lowest BCUT2D eigenvalue weighted by molar-refractivity contribution is -0.274. The van der Waals surface area contributed by atoms with Crippen molar-refractivity contribution in [2.24, 2.45) is 0 Å². The molecule has 44 heavy (non-hydrogen) atoms. The first-order chi connectivity index (χ1) is 21.3. The number of aromatic carboxylic acids is 1. The van der Waals surface area contributed by atoms with Crippen LogP contribution in [0.2, 0.25) is 0 Å². The molecular formula is C35H32F3N3O3. The number of aromatic nitrogens is 2. The average Bonchev–Trinajstić information content (AvgIpc) is 3.37. The summed E-state index contributed by atoms with van der Waals surface area (Å²) in [5, 5.41) is 15.6. The number of hydrogen-bond acceptors (Lipinski definition) is 4. The van der Waals surface area contributed by atoms with Crippen molar-refractivity contribution in [2.75, 3.05) is 11.9 Å². The fourth-order valence-electron chi connectivity index (χ4n) is 7.05. The highest BCUT2D eigenvalue weighted by atomic mass is 19.4. The number of benzene rings is 3. The lowest BCUT2D eigenvalue weighted by atomic mass is 9.81. The van der Waals surface area contributed by atoms with Gasteiger partial charge in [0, 0.05) is 40.5 Å². The van der Waals surface area contributed by atoms with Gasteiger partial charge < -0.3 is 19.7 Å². The smallest absolute Gasteiger partial charge is 0.478 e. The third-order valence-corrected chi connectivity index (χ3v) is 8.96. The summed E-state index contributed by atoms with van der Waals surface area (Å²) in [4.78, 5) is 16.8. The van der Waals surface area contributed by atoms with Gasteiger partial charge in [-0.15, -0.1) is 13.2 Å². The number of fused-ring (bicyclic) bond motifs is 7. The van der Waals surface area contributed by atoms with Gasteiger partial charge in [-0.3, -0.25) is 0 Å². The summed E-state index contributed by atoms with van der Waals surface area (Å²) >= 11 is 0. The zero-order valence-electron chi connectivity index (χ0n) is 24.1. The summed E-state index contributed by atoms with van der Waals surface area (Å²) < 4.78 is 45.0. The van der Waals surface area contributed by atoms with Crippen LogP contribution < -0.4 is 10.1 Å². The Labute approximate surface area is 252 Å². The van der Waals surface area contributed by atoms with Crippen LogP contribution in [-0.2, 0) is 6.54 Å². The summed E-state index contributed by atoms with van der Waals surface area (Å²) in [6.07, 6.45) is 2.89. The van der Waals surface area contributed by atoms with Gasteiger partial charge in [-0.2, -0.15) is 0 Å². The Kier molecular flexibility index (Phi) is 7.19. The summed E-state index contributed by atoms with van der Waals surface area (Å²) in [7, 11) is 0. The number of carboxylic acids is 1. The van der Waals surface area contributed by atoms with E-state index in [2.05, 4.69) is 20.7 Å². The molecule has 6 nitrogen and oxygen atoms in total. The Morgan fingerprint density at radius 1 is 0.932 bits per heavy atom. The van der Waals surface area contributed by atoms with Gasteiger partial charge >= 0.3 is 12.3 Å². The molecule has 0 unspecified atom stereocenters. The minimum absolute atomic E-state index is 0.283. The summed E-state index contributed by atoms with van der Waals surface area (Å²) in [5.74, 6) is -0.841. The second-order valence-electron chi connectivity index (χ2n) is 11.7. The maximum Gasteiger partial charge on any atom is 0.573 e. The van der Waals surface area contributed by atoms with Gasteiger partial charge in [-0.25, -0.2) is 9.78 Å². The summed E-state index contributed by atoms with van der Waals surface area (Å²) in [6.45, 7) is 1.56. The predicted octanol–water partition coefficient (Wildman–Crippen LogP) is 9.37. The lowest BCUT2D eigenvalue weighted by Gasteiger charge is -2.24. The van der Waals surface area contributed by atoms with Gasteiger partial charge in [-0.05, 0) is 85.7 Å². The molecular weight excluding hydrogens is 567 g/mol. The van der Waals surface area contributed by atoms with Crippen molar-refractivity contribution in [1.29, 1.82) is 0 Å². The highest BCUT2D eigenvalue weighted by molar-refractivity contribution is 6.04. The van der Waals surface area contributed by atoms with Crippen molar-refractivity contribution >= 4 is 33.5 Å². The summed E-state index contributed by atoms with van der Waals surface area (Å²) in [6, 6.07) is 19.3. The van der Waals surface area contributed by atoms with E-state index in [4.69, 9.17) is 4.98 Å².